The number of carbonyl (C=O) groups excluding carboxylic acids is 3. The zero-order valence-electron chi connectivity index (χ0n) is 14.0. The summed E-state index contributed by atoms with van der Waals surface area (Å²) in [6.07, 6.45) is 1.58. The van der Waals surface area contributed by atoms with Crippen molar-refractivity contribution in [2.75, 3.05) is 21.3 Å². The van der Waals surface area contributed by atoms with Gasteiger partial charge < -0.3 is 14.2 Å². The summed E-state index contributed by atoms with van der Waals surface area (Å²) in [6, 6.07) is 2.53. The molecule has 0 aromatic heterocycles. The van der Waals surface area contributed by atoms with Crippen LogP contribution in [0, 0.1) is 3.57 Å². The molecule has 1 atom stereocenters. The van der Waals surface area contributed by atoms with E-state index in [4.69, 9.17) is 9.47 Å². The first-order valence-corrected chi connectivity index (χ1v) is 9.00. The van der Waals surface area contributed by atoms with Gasteiger partial charge in [-0.1, -0.05) is 0 Å². The molecular formula is C16H16INO6S. The lowest BCUT2D eigenvalue weighted by molar-refractivity contribution is -0.148. The lowest BCUT2D eigenvalue weighted by Crippen LogP contribution is -2.42. The van der Waals surface area contributed by atoms with E-state index in [2.05, 4.69) is 27.3 Å². The number of imide groups is 1. The van der Waals surface area contributed by atoms with Crippen LogP contribution < -0.4 is 9.47 Å². The van der Waals surface area contributed by atoms with Crippen LogP contribution in [-0.2, 0) is 14.3 Å². The molecule has 0 bridgehead atoms. The molecule has 2 rings (SSSR count). The Hall–Kier alpha value is -1.75. The smallest absolute Gasteiger partial charge is 0.328 e. The molecule has 0 N–H and O–H groups in total. The van der Waals surface area contributed by atoms with E-state index < -0.39 is 23.2 Å². The molecule has 1 fully saturated rings. The van der Waals surface area contributed by atoms with Crippen LogP contribution in [0.25, 0.3) is 6.08 Å². The monoisotopic (exact) mass is 477 g/mol. The normalized spacial score (nSPS) is 17.0. The Bertz CT molecular complexity index is 763. The first kappa shape index (κ1) is 19.6. The SMILES string of the molecule is COC(=O)[C@H](C)N1C(=O)S/C(=C/c2cc(I)c(OC)c(OC)c2)C1=O. The zero-order chi connectivity index (χ0) is 18.7. The molecule has 0 aliphatic carbocycles. The first-order chi connectivity index (χ1) is 11.8. The molecule has 0 spiro atoms. The maximum Gasteiger partial charge on any atom is 0.328 e. The highest BCUT2D eigenvalue weighted by Crippen LogP contribution is 2.37. The van der Waals surface area contributed by atoms with E-state index >= 15 is 0 Å². The van der Waals surface area contributed by atoms with Gasteiger partial charge in [0.25, 0.3) is 11.1 Å². The highest BCUT2D eigenvalue weighted by molar-refractivity contribution is 14.1. The topological polar surface area (TPSA) is 82.1 Å². The third-order valence-electron chi connectivity index (χ3n) is 3.51. The number of thioether (sulfide) groups is 1. The van der Waals surface area contributed by atoms with Gasteiger partial charge in [0.1, 0.15) is 6.04 Å². The second-order valence-electron chi connectivity index (χ2n) is 4.99. The van der Waals surface area contributed by atoms with Gasteiger partial charge in [0.05, 0.1) is 29.8 Å². The van der Waals surface area contributed by atoms with Crippen molar-refractivity contribution in [3.8, 4) is 11.5 Å². The highest BCUT2D eigenvalue weighted by atomic mass is 127. The number of hydrogen-bond donors (Lipinski definition) is 0. The number of benzene rings is 1. The van der Waals surface area contributed by atoms with Gasteiger partial charge in [-0.15, -0.1) is 0 Å². The van der Waals surface area contributed by atoms with Crippen molar-refractivity contribution in [2.24, 2.45) is 0 Å². The fourth-order valence-corrected chi connectivity index (χ4v) is 4.02. The van der Waals surface area contributed by atoms with E-state index in [1.165, 1.54) is 21.1 Å². The van der Waals surface area contributed by atoms with Gasteiger partial charge in [0.15, 0.2) is 11.5 Å². The van der Waals surface area contributed by atoms with Gasteiger partial charge in [0.2, 0.25) is 0 Å². The number of esters is 1. The quantitative estimate of drug-likeness (QED) is 0.367. The van der Waals surface area contributed by atoms with E-state index in [0.717, 1.165) is 20.2 Å². The summed E-state index contributed by atoms with van der Waals surface area (Å²) in [5.41, 5.74) is 0.679. The summed E-state index contributed by atoms with van der Waals surface area (Å²) in [5.74, 6) is -0.0719. The van der Waals surface area contributed by atoms with E-state index in [-0.39, 0.29) is 4.91 Å². The number of amides is 2. The van der Waals surface area contributed by atoms with E-state index in [0.29, 0.717) is 17.1 Å². The van der Waals surface area contributed by atoms with Crippen LogP contribution in [0.1, 0.15) is 12.5 Å². The van der Waals surface area contributed by atoms with Crippen LogP contribution in [0.5, 0.6) is 11.5 Å². The number of methoxy groups -OCH3 is 3. The molecule has 1 aliphatic heterocycles. The molecule has 0 radical (unpaired) electrons. The van der Waals surface area contributed by atoms with Gasteiger partial charge in [0, 0.05) is 0 Å². The van der Waals surface area contributed by atoms with Crippen molar-refractivity contribution >= 4 is 57.5 Å². The first-order valence-electron chi connectivity index (χ1n) is 7.10. The van der Waals surface area contributed by atoms with E-state index in [9.17, 15) is 14.4 Å². The summed E-state index contributed by atoms with van der Waals surface area (Å²) in [7, 11) is 4.27. The number of halogens is 1. The second-order valence-corrected chi connectivity index (χ2v) is 7.14. The maximum atomic E-state index is 12.5. The Morgan fingerprint density at radius 2 is 1.92 bits per heavy atom. The molecule has 134 valence electrons. The minimum atomic E-state index is -0.978. The molecular weight excluding hydrogens is 461 g/mol. The zero-order valence-corrected chi connectivity index (χ0v) is 17.0. The van der Waals surface area contributed by atoms with Gasteiger partial charge in [-0.3, -0.25) is 14.5 Å². The summed E-state index contributed by atoms with van der Waals surface area (Å²) in [5, 5.41) is -0.510. The lowest BCUT2D eigenvalue weighted by Gasteiger charge is -2.18. The van der Waals surface area contributed by atoms with Crippen molar-refractivity contribution in [1.29, 1.82) is 0 Å². The van der Waals surface area contributed by atoms with E-state index in [1.807, 2.05) is 0 Å². The summed E-state index contributed by atoms with van der Waals surface area (Å²) in [6.45, 7) is 1.45. The fraction of sp³-hybridized carbons (Fsp3) is 0.312. The van der Waals surface area contributed by atoms with Gasteiger partial charge >= 0.3 is 5.97 Å². The third-order valence-corrected chi connectivity index (χ3v) is 5.19. The molecule has 7 nitrogen and oxygen atoms in total. The largest absolute Gasteiger partial charge is 0.493 e. The van der Waals surface area contributed by atoms with Crippen LogP contribution in [0.15, 0.2) is 17.0 Å². The van der Waals surface area contributed by atoms with Crippen LogP contribution >= 0.6 is 34.4 Å². The van der Waals surface area contributed by atoms with Gasteiger partial charge in [-0.25, -0.2) is 4.79 Å². The number of rotatable bonds is 5. The maximum absolute atomic E-state index is 12.5. The predicted molar refractivity (Wildman–Crippen MR) is 102 cm³/mol. The number of hydrogen-bond acceptors (Lipinski definition) is 7. The number of nitrogens with zero attached hydrogens (tertiary/aromatic N) is 1. The molecule has 1 aromatic carbocycles. The lowest BCUT2D eigenvalue weighted by atomic mass is 10.1. The van der Waals surface area contributed by atoms with Crippen LogP contribution in [0.3, 0.4) is 0 Å². The molecule has 2 amide bonds. The molecule has 25 heavy (non-hydrogen) atoms. The molecule has 0 saturated carbocycles. The van der Waals surface area contributed by atoms with Crippen LogP contribution in [0.2, 0.25) is 0 Å². The number of carbonyl (C=O) groups is 3. The average molecular weight is 477 g/mol. The minimum Gasteiger partial charge on any atom is -0.493 e. The van der Waals surface area contributed by atoms with Crippen molar-refractivity contribution < 1.29 is 28.6 Å². The molecule has 1 aromatic rings. The predicted octanol–water partition coefficient (Wildman–Crippen LogP) is 2.91. The molecule has 9 heteroatoms. The van der Waals surface area contributed by atoms with Crippen molar-refractivity contribution in [3.05, 3.63) is 26.2 Å². The Morgan fingerprint density at radius 3 is 2.48 bits per heavy atom. The average Bonchev–Trinajstić information content (AvgIpc) is 2.86. The van der Waals surface area contributed by atoms with Crippen molar-refractivity contribution in [3.63, 3.8) is 0 Å². The van der Waals surface area contributed by atoms with Crippen molar-refractivity contribution in [2.45, 2.75) is 13.0 Å². The Kier molecular flexibility index (Phi) is 6.33. The van der Waals surface area contributed by atoms with Crippen molar-refractivity contribution in [1.82, 2.24) is 4.90 Å². The van der Waals surface area contributed by atoms with Gasteiger partial charge in [-0.05, 0) is 65.0 Å². The highest BCUT2D eigenvalue weighted by Gasteiger charge is 2.41. The van der Waals surface area contributed by atoms with Crippen LogP contribution in [0.4, 0.5) is 4.79 Å². The minimum absolute atomic E-state index is 0.226. The molecule has 0 unspecified atom stereocenters. The Morgan fingerprint density at radius 1 is 1.24 bits per heavy atom. The standard InChI is InChI=1S/C16H16INO6S/c1-8(15(20)24-4)18-14(19)12(25-16(18)21)7-9-5-10(17)13(23-3)11(6-9)22-2/h5-8H,1-4H3/b12-7+/t8-/m0/s1. The van der Waals surface area contributed by atoms with Crippen LogP contribution in [-0.4, -0.2) is 49.4 Å². The summed E-state index contributed by atoms with van der Waals surface area (Å²) in [4.78, 5) is 37.4. The number of ether oxygens (including phenoxy) is 3. The van der Waals surface area contributed by atoms with E-state index in [1.54, 1.807) is 25.3 Å². The molecule has 1 heterocycles. The summed E-state index contributed by atoms with van der Waals surface area (Å²) < 4.78 is 16.0. The third kappa shape index (κ3) is 3.92. The Labute approximate surface area is 162 Å². The molecule has 1 saturated heterocycles. The molecule has 1 aliphatic rings. The Balaban J connectivity index is 2.37. The fourth-order valence-electron chi connectivity index (χ4n) is 2.26. The second kappa shape index (κ2) is 8.09. The van der Waals surface area contributed by atoms with Gasteiger partial charge in [-0.2, -0.15) is 0 Å². The summed E-state index contributed by atoms with van der Waals surface area (Å²) >= 11 is 2.87.